The summed E-state index contributed by atoms with van der Waals surface area (Å²) < 4.78 is 10.3. The van der Waals surface area contributed by atoms with Gasteiger partial charge in [-0.3, -0.25) is 4.79 Å². The Morgan fingerprint density at radius 1 is 1.42 bits per heavy atom. The summed E-state index contributed by atoms with van der Waals surface area (Å²) in [6.45, 7) is 0.782. The average Bonchev–Trinajstić information content (AvgIpc) is 2.45. The highest BCUT2D eigenvalue weighted by atomic mass is 16.5. The molecule has 19 heavy (non-hydrogen) atoms. The number of benzene rings is 1. The molecule has 102 valence electrons. The molecular weight excluding hydrogens is 248 g/mol. The third-order valence-electron chi connectivity index (χ3n) is 2.43. The van der Waals surface area contributed by atoms with E-state index in [-0.39, 0.29) is 5.91 Å². The van der Waals surface area contributed by atoms with Gasteiger partial charge in [0.2, 0.25) is 0 Å². The van der Waals surface area contributed by atoms with Crippen molar-refractivity contribution in [2.24, 2.45) is 5.11 Å². The second kappa shape index (κ2) is 7.84. The number of ether oxygens (including phenoxy) is 2. The maximum atomic E-state index is 12.0. The van der Waals surface area contributed by atoms with Crippen molar-refractivity contribution in [3.05, 3.63) is 34.2 Å². The molecule has 1 N–H and O–H groups in total. The minimum absolute atomic E-state index is 0.253. The van der Waals surface area contributed by atoms with E-state index in [0.717, 1.165) is 0 Å². The van der Waals surface area contributed by atoms with E-state index in [4.69, 9.17) is 15.0 Å². The Hall–Kier alpha value is -2.40. The summed E-state index contributed by atoms with van der Waals surface area (Å²) in [5.41, 5.74) is 8.53. The van der Waals surface area contributed by atoms with Crippen molar-refractivity contribution < 1.29 is 14.3 Å². The Bertz CT molecular complexity index is 484. The van der Waals surface area contributed by atoms with Crippen LogP contribution in [0.2, 0.25) is 0 Å². The van der Waals surface area contributed by atoms with E-state index < -0.39 is 0 Å². The maximum Gasteiger partial charge on any atom is 0.255 e. The largest absolute Gasteiger partial charge is 0.493 e. The van der Waals surface area contributed by atoms with E-state index in [9.17, 15) is 4.79 Å². The fourth-order valence-electron chi connectivity index (χ4n) is 1.56. The first-order valence-electron chi connectivity index (χ1n) is 5.74. The fraction of sp³-hybridized carbons (Fsp3) is 0.417. The molecule has 7 nitrogen and oxygen atoms in total. The van der Waals surface area contributed by atoms with Crippen LogP contribution in [-0.4, -0.2) is 33.2 Å². The Kier molecular flexibility index (Phi) is 6.05. The van der Waals surface area contributed by atoms with Gasteiger partial charge in [0.05, 0.1) is 19.8 Å². The van der Waals surface area contributed by atoms with Crippen LogP contribution in [0.15, 0.2) is 23.3 Å². The van der Waals surface area contributed by atoms with Crippen molar-refractivity contribution in [3.63, 3.8) is 0 Å². The molecule has 0 atom stereocenters. The number of azide groups is 1. The molecule has 0 heterocycles. The number of carbonyl (C=O) groups is 1. The van der Waals surface area contributed by atoms with E-state index >= 15 is 0 Å². The van der Waals surface area contributed by atoms with Gasteiger partial charge in [-0.05, 0) is 24.1 Å². The summed E-state index contributed by atoms with van der Waals surface area (Å²) >= 11 is 0. The molecule has 0 aliphatic heterocycles. The molecule has 0 saturated heterocycles. The lowest BCUT2D eigenvalue weighted by Gasteiger charge is -2.12. The van der Waals surface area contributed by atoms with Crippen LogP contribution >= 0.6 is 0 Å². The van der Waals surface area contributed by atoms with Crippen LogP contribution in [0, 0.1) is 0 Å². The fourth-order valence-corrected chi connectivity index (χ4v) is 1.56. The summed E-state index contributed by atoms with van der Waals surface area (Å²) in [6, 6.07) is 5.09. The van der Waals surface area contributed by atoms with Gasteiger partial charge >= 0.3 is 0 Å². The zero-order valence-electron chi connectivity index (χ0n) is 10.9. The zero-order chi connectivity index (χ0) is 14.1. The lowest BCUT2D eigenvalue weighted by atomic mass is 10.1. The van der Waals surface area contributed by atoms with Crippen LogP contribution in [0.4, 0.5) is 0 Å². The first-order chi connectivity index (χ1) is 9.24. The molecule has 0 aliphatic carbocycles. The minimum Gasteiger partial charge on any atom is -0.493 e. The van der Waals surface area contributed by atoms with Crippen molar-refractivity contribution >= 4 is 5.91 Å². The van der Waals surface area contributed by atoms with Crippen molar-refractivity contribution in [2.45, 2.75) is 6.42 Å². The molecule has 1 aromatic rings. The quantitative estimate of drug-likeness (QED) is 0.353. The van der Waals surface area contributed by atoms with Gasteiger partial charge in [-0.1, -0.05) is 11.2 Å². The second-order valence-corrected chi connectivity index (χ2v) is 3.61. The monoisotopic (exact) mass is 264 g/mol. The molecule has 1 amide bonds. The van der Waals surface area contributed by atoms with Gasteiger partial charge in [-0.15, -0.1) is 0 Å². The van der Waals surface area contributed by atoms with Gasteiger partial charge in [-0.2, -0.15) is 0 Å². The predicted octanol–water partition coefficient (Wildman–Crippen LogP) is 2.13. The van der Waals surface area contributed by atoms with Crippen LogP contribution in [0.5, 0.6) is 11.5 Å². The number of nitrogens with zero attached hydrogens (tertiary/aromatic N) is 3. The number of amides is 1. The number of nitrogens with one attached hydrogen (secondary N) is 1. The molecule has 0 aliphatic rings. The van der Waals surface area contributed by atoms with Gasteiger partial charge in [0.15, 0.2) is 11.5 Å². The SMILES string of the molecule is COc1cccc(C(=O)NCCCN=[N+]=[N-])c1OC. The number of carbonyl (C=O) groups excluding carboxylic acids is 1. The molecule has 0 radical (unpaired) electrons. The molecule has 7 heteroatoms. The Labute approximate surface area is 111 Å². The van der Waals surface area contributed by atoms with E-state index in [1.807, 2.05) is 0 Å². The molecule has 0 spiro atoms. The zero-order valence-corrected chi connectivity index (χ0v) is 10.9. The molecule has 1 aromatic carbocycles. The smallest absolute Gasteiger partial charge is 0.255 e. The highest BCUT2D eigenvalue weighted by Crippen LogP contribution is 2.30. The maximum absolute atomic E-state index is 12.0. The summed E-state index contributed by atoms with van der Waals surface area (Å²) in [5, 5.41) is 6.11. The molecular formula is C12H16N4O3. The number of para-hydroxylation sites is 1. The van der Waals surface area contributed by atoms with E-state index in [1.165, 1.54) is 14.2 Å². The molecule has 0 bridgehead atoms. The van der Waals surface area contributed by atoms with Gasteiger partial charge in [0, 0.05) is 18.0 Å². The summed E-state index contributed by atoms with van der Waals surface area (Å²) in [5.74, 6) is 0.651. The van der Waals surface area contributed by atoms with E-state index in [1.54, 1.807) is 18.2 Å². The van der Waals surface area contributed by atoms with Gasteiger partial charge in [-0.25, -0.2) is 0 Å². The number of methoxy groups -OCH3 is 2. The van der Waals surface area contributed by atoms with Crippen LogP contribution in [-0.2, 0) is 0 Å². The van der Waals surface area contributed by atoms with Gasteiger partial charge < -0.3 is 14.8 Å². The van der Waals surface area contributed by atoms with Gasteiger partial charge in [0.25, 0.3) is 5.91 Å². The highest BCUT2D eigenvalue weighted by Gasteiger charge is 2.15. The lowest BCUT2D eigenvalue weighted by molar-refractivity contribution is 0.0950. The first kappa shape index (κ1) is 14.7. The third-order valence-corrected chi connectivity index (χ3v) is 2.43. The Balaban J connectivity index is 2.68. The number of hydrogen-bond acceptors (Lipinski definition) is 4. The Morgan fingerprint density at radius 2 is 2.21 bits per heavy atom. The average molecular weight is 264 g/mol. The minimum atomic E-state index is -0.253. The highest BCUT2D eigenvalue weighted by molar-refractivity contribution is 5.97. The molecule has 0 saturated carbocycles. The molecule has 0 unspecified atom stereocenters. The topological polar surface area (TPSA) is 96.3 Å². The van der Waals surface area contributed by atoms with E-state index in [0.29, 0.717) is 36.6 Å². The Morgan fingerprint density at radius 3 is 2.84 bits per heavy atom. The van der Waals surface area contributed by atoms with Crippen LogP contribution in [0.3, 0.4) is 0 Å². The van der Waals surface area contributed by atoms with Crippen LogP contribution in [0.1, 0.15) is 16.8 Å². The van der Waals surface area contributed by atoms with Crippen molar-refractivity contribution in [2.75, 3.05) is 27.3 Å². The number of rotatable bonds is 7. The molecule has 0 fully saturated rings. The summed E-state index contributed by atoms with van der Waals surface area (Å²) in [4.78, 5) is 14.6. The standard InChI is InChI=1S/C12H16N4O3/c1-18-10-6-3-5-9(11(10)19-2)12(17)14-7-4-8-15-16-13/h3,5-6H,4,7-8H2,1-2H3,(H,14,17). The molecule has 0 aromatic heterocycles. The molecule has 1 rings (SSSR count). The van der Waals surface area contributed by atoms with Crippen molar-refractivity contribution in [1.29, 1.82) is 0 Å². The van der Waals surface area contributed by atoms with Crippen LogP contribution < -0.4 is 14.8 Å². The third kappa shape index (κ3) is 4.08. The van der Waals surface area contributed by atoms with E-state index in [2.05, 4.69) is 15.3 Å². The van der Waals surface area contributed by atoms with Crippen LogP contribution in [0.25, 0.3) is 10.4 Å². The second-order valence-electron chi connectivity index (χ2n) is 3.61. The van der Waals surface area contributed by atoms with Crippen molar-refractivity contribution in [1.82, 2.24) is 5.32 Å². The summed E-state index contributed by atoms with van der Waals surface area (Å²) in [7, 11) is 3.00. The first-order valence-corrected chi connectivity index (χ1v) is 5.74. The summed E-state index contributed by atoms with van der Waals surface area (Å²) in [6.07, 6.45) is 0.585. The lowest BCUT2D eigenvalue weighted by Crippen LogP contribution is -2.25. The normalized spacial score (nSPS) is 9.37. The van der Waals surface area contributed by atoms with Crippen molar-refractivity contribution in [3.8, 4) is 11.5 Å². The van der Waals surface area contributed by atoms with Gasteiger partial charge in [0.1, 0.15) is 0 Å². The predicted molar refractivity (Wildman–Crippen MR) is 70.5 cm³/mol. The number of hydrogen-bond donors (Lipinski definition) is 1.